The lowest BCUT2D eigenvalue weighted by Gasteiger charge is -2.13. The molecule has 1 aromatic carbocycles. The van der Waals surface area contributed by atoms with Gasteiger partial charge in [-0.2, -0.15) is 0 Å². The van der Waals surface area contributed by atoms with Gasteiger partial charge in [0.15, 0.2) is 0 Å². The van der Waals surface area contributed by atoms with E-state index < -0.39 is 0 Å². The van der Waals surface area contributed by atoms with Crippen molar-refractivity contribution in [2.24, 2.45) is 0 Å². The van der Waals surface area contributed by atoms with Crippen LogP contribution in [0.25, 0.3) is 0 Å². The maximum atomic E-state index is 3.50. The van der Waals surface area contributed by atoms with Gasteiger partial charge in [0.1, 0.15) is 0 Å². The normalized spacial score (nSPS) is 11.7. The van der Waals surface area contributed by atoms with E-state index in [2.05, 4.69) is 65.1 Å². The summed E-state index contributed by atoms with van der Waals surface area (Å²) < 4.78 is 1.16. The summed E-state index contributed by atoms with van der Waals surface area (Å²) in [4.78, 5) is 0. The van der Waals surface area contributed by atoms with Gasteiger partial charge in [0, 0.05) is 10.5 Å². The van der Waals surface area contributed by atoms with Gasteiger partial charge in [0.25, 0.3) is 0 Å². The Kier molecular flexibility index (Phi) is 4.87. The van der Waals surface area contributed by atoms with Gasteiger partial charge in [0.05, 0.1) is 6.54 Å². The van der Waals surface area contributed by atoms with Crippen LogP contribution in [-0.4, -0.2) is 6.54 Å². The average Bonchev–Trinajstić information content (AvgIpc) is 2.22. The van der Waals surface area contributed by atoms with E-state index in [0.717, 1.165) is 11.0 Å². The number of hydrogen-bond donors (Lipinski definition) is 1. The summed E-state index contributed by atoms with van der Waals surface area (Å²) in [6.07, 6.45) is 0. The average molecular weight is 266 g/mol. The van der Waals surface area contributed by atoms with Crippen molar-refractivity contribution in [1.82, 2.24) is 5.32 Å². The van der Waals surface area contributed by atoms with Crippen molar-refractivity contribution in [2.45, 2.75) is 26.8 Å². The molecule has 0 aliphatic rings. The predicted octanol–water partition coefficient (Wildman–Crippen LogP) is 3.43. The molecule has 2 heteroatoms. The van der Waals surface area contributed by atoms with Gasteiger partial charge in [-0.15, -0.1) is 5.92 Å². The molecule has 1 nitrogen and oxygen atoms in total. The van der Waals surface area contributed by atoms with E-state index in [4.69, 9.17) is 0 Å². The van der Waals surface area contributed by atoms with Crippen LogP contribution < -0.4 is 5.32 Å². The van der Waals surface area contributed by atoms with Crippen LogP contribution in [0.2, 0.25) is 0 Å². The van der Waals surface area contributed by atoms with Crippen LogP contribution in [0.15, 0.2) is 22.7 Å². The molecular formula is C13H16BrN. The van der Waals surface area contributed by atoms with Crippen molar-refractivity contribution in [3.05, 3.63) is 33.8 Å². The Hall–Kier alpha value is -0.780. The zero-order valence-electron chi connectivity index (χ0n) is 9.39. The molecule has 0 heterocycles. The third-order valence-corrected chi connectivity index (χ3v) is 3.25. The van der Waals surface area contributed by atoms with E-state index in [9.17, 15) is 0 Å². The minimum atomic E-state index is 0.345. The Balaban J connectivity index is 2.68. The van der Waals surface area contributed by atoms with Gasteiger partial charge in [-0.05, 0) is 38.0 Å². The van der Waals surface area contributed by atoms with Crippen LogP contribution in [0, 0.1) is 18.8 Å². The summed E-state index contributed by atoms with van der Waals surface area (Å²) in [6, 6.07) is 6.77. The molecule has 0 spiro atoms. The molecule has 0 saturated carbocycles. The summed E-state index contributed by atoms with van der Waals surface area (Å²) in [7, 11) is 0. The molecule has 0 bridgehead atoms. The largest absolute Gasteiger partial charge is 0.300 e. The highest BCUT2D eigenvalue weighted by atomic mass is 79.9. The summed E-state index contributed by atoms with van der Waals surface area (Å²) in [5.41, 5.74) is 2.57. The first-order valence-corrected chi connectivity index (χ1v) is 5.83. The number of nitrogens with one attached hydrogen (secondary N) is 1. The van der Waals surface area contributed by atoms with Crippen molar-refractivity contribution >= 4 is 15.9 Å². The summed E-state index contributed by atoms with van der Waals surface area (Å²) in [5.74, 6) is 5.88. The molecule has 1 unspecified atom stereocenters. The molecule has 0 amide bonds. The van der Waals surface area contributed by atoms with Crippen LogP contribution in [0.3, 0.4) is 0 Å². The summed E-state index contributed by atoms with van der Waals surface area (Å²) in [6.45, 7) is 6.86. The van der Waals surface area contributed by atoms with Gasteiger partial charge in [-0.1, -0.05) is 34.0 Å². The number of hydrogen-bond acceptors (Lipinski definition) is 1. The van der Waals surface area contributed by atoms with Gasteiger partial charge < -0.3 is 0 Å². The van der Waals surface area contributed by atoms with Gasteiger partial charge >= 0.3 is 0 Å². The lowest BCUT2D eigenvalue weighted by molar-refractivity contribution is 0.622. The van der Waals surface area contributed by atoms with Gasteiger partial charge in [-0.3, -0.25) is 5.32 Å². The third kappa shape index (κ3) is 3.70. The maximum absolute atomic E-state index is 3.50. The molecule has 0 aliphatic carbocycles. The number of rotatable bonds is 3. The molecule has 1 aromatic rings. The van der Waals surface area contributed by atoms with E-state index in [1.807, 2.05) is 6.92 Å². The molecule has 0 aromatic heterocycles. The fraction of sp³-hybridized carbons (Fsp3) is 0.385. The highest BCUT2D eigenvalue weighted by molar-refractivity contribution is 9.10. The number of aryl methyl sites for hydroxylation is 1. The van der Waals surface area contributed by atoms with Crippen LogP contribution in [-0.2, 0) is 0 Å². The van der Waals surface area contributed by atoms with Crippen molar-refractivity contribution in [2.75, 3.05) is 6.54 Å². The van der Waals surface area contributed by atoms with Crippen molar-refractivity contribution in [3.63, 3.8) is 0 Å². The fourth-order valence-corrected chi connectivity index (χ4v) is 1.59. The van der Waals surface area contributed by atoms with Crippen molar-refractivity contribution in [1.29, 1.82) is 0 Å². The van der Waals surface area contributed by atoms with E-state index in [1.54, 1.807) is 0 Å². The number of benzene rings is 1. The summed E-state index contributed by atoms with van der Waals surface area (Å²) >= 11 is 3.50. The molecule has 0 aliphatic heterocycles. The molecular weight excluding hydrogens is 250 g/mol. The van der Waals surface area contributed by atoms with Crippen molar-refractivity contribution in [3.8, 4) is 11.8 Å². The van der Waals surface area contributed by atoms with Crippen LogP contribution in [0.4, 0.5) is 0 Å². The second kappa shape index (κ2) is 5.95. The topological polar surface area (TPSA) is 12.0 Å². The smallest absolute Gasteiger partial charge is 0.0581 e. The standard InChI is InChI=1S/C13H16BrN/c1-4-5-8-15-11(3)12-6-7-13(14)10(2)9-12/h6-7,9,11,15H,8H2,1-3H3. The van der Waals surface area contributed by atoms with E-state index in [1.165, 1.54) is 11.1 Å². The highest BCUT2D eigenvalue weighted by Gasteiger charge is 2.04. The first-order valence-electron chi connectivity index (χ1n) is 5.04. The first kappa shape index (κ1) is 12.3. The molecule has 0 fully saturated rings. The zero-order valence-corrected chi connectivity index (χ0v) is 11.0. The fourth-order valence-electron chi connectivity index (χ4n) is 1.35. The van der Waals surface area contributed by atoms with Crippen LogP contribution in [0.1, 0.15) is 31.0 Å². The Morgan fingerprint density at radius 1 is 1.47 bits per heavy atom. The minimum Gasteiger partial charge on any atom is -0.300 e. The number of halogens is 1. The predicted molar refractivity (Wildman–Crippen MR) is 68.7 cm³/mol. The molecule has 1 atom stereocenters. The molecule has 15 heavy (non-hydrogen) atoms. The first-order chi connectivity index (χ1) is 7.15. The Labute approximate surface area is 100 Å². The van der Waals surface area contributed by atoms with Crippen molar-refractivity contribution < 1.29 is 0 Å². The second-order valence-corrected chi connectivity index (χ2v) is 4.39. The van der Waals surface area contributed by atoms with Gasteiger partial charge in [-0.25, -0.2) is 0 Å². The maximum Gasteiger partial charge on any atom is 0.0581 e. The lowest BCUT2D eigenvalue weighted by atomic mass is 10.1. The highest BCUT2D eigenvalue weighted by Crippen LogP contribution is 2.20. The molecule has 0 saturated heterocycles. The molecule has 0 radical (unpaired) electrons. The molecule has 1 rings (SSSR count). The Morgan fingerprint density at radius 2 is 2.20 bits per heavy atom. The SMILES string of the molecule is CC#CCNC(C)c1ccc(Br)c(C)c1. The zero-order chi connectivity index (χ0) is 11.3. The van der Waals surface area contributed by atoms with Gasteiger partial charge in [0.2, 0.25) is 0 Å². The van der Waals surface area contributed by atoms with E-state index in [-0.39, 0.29) is 0 Å². The monoisotopic (exact) mass is 265 g/mol. The van der Waals surface area contributed by atoms with Crippen LogP contribution in [0.5, 0.6) is 0 Å². The summed E-state index contributed by atoms with van der Waals surface area (Å²) in [5, 5.41) is 3.36. The van der Waals surface area contributed by atoms with E-state index >= 15 is 0 Å². The third-order valence-electron chi connectivity index (χ3n) is 2.36. The Bertz CT molecular complexity index is 387. The second-order valence-electron chi connectivity index (χ2n) is 3.54. The Morgan fingerprint density at radius 3 is 2.80 bits per heavy atom. The quantitative estimate of drug-likeness (QED) is 0.826. The van der Waals surface area contributed by atoms with E-state index in [0.29, 0.717) is 6.04 Å². The lowest BCUT2D eigenvalue weighted by Crippen LogP contribution is -2.18. The molecule has 80 valence electrons. The minimum absolute atomic E-state index is 0.345. The van der Waals surface area contributed by atoms with Crippen LogP contribution >= 0.6 is 15.9 Å². The molecule has 1 N–H and O–H groups in total.